The lowest BCUT2D eigenvalue weighted by molar-refractivity contribution is -0.161. The predicted molar refractivity (Wildman–Crippen MR) is 382 cm³/mol. The SMILES string of the molecule is CCCCCCCCCCCCCCCCCC(=O)OC[C@H](COP(=O)(O)OC[C@@H](O)COP(=O)(O)OC[C@@H](COC(=O)CCCCCCCCC(C)C)OC(=O)CCCCCCCCCCCCCCCCC)OC(=O)CCCCCCCCCCCCCCCCC. The summed E-state index contributed by atoms with van der Waals surface area (Å²) in [6.45, 7) is 7.22. The van der Waals surface area contributed by atoms with Gasteiger partial charge in [0.05, 0.1) is 26.4 Å². The van der Waals surface area contributed by atoms with Crippen molar-refractivity contribution >= 4 is 39.5 Å². The van der Waals surface area contributed by atoms with Crippen molar-refractivity contribution in [2.75, 3.05) is 39.6 Å². The summed E-state index contributed by atoms with van der Waals surface area (Å²) in [5, 5.41) is 10.6. The number of carbonyl (C=O) groups excluding carboxylic acids is 4. The minimum atomic E-state index is -4.95. The normalized spacial score (nSPS) is 14.0. The molecule has 3 N–H and O–H groups in total. The first-order chi connectivity index (χ1) is 45.5. The number of aliphatic hydroxyl groups is 1. The molecule has 0 saturated heterocycles. The number of hydrogen-bond acceptors (Lipinski definition) is 15. The molecule has 17 nitrogen and oxygen atoms in total. The van der Waals surface area contributed by atoms with E-state index in [1.54, 1.807) is 0 Å². The van der Waals surface area contributed by atoms with E-state index in [1.165, 1.54) is 212 Å². The number of aliphatic hydroxyl groups excluding tert-OH is 1. The lowest BCUT2D eigenvalue weighted by Gasteiger charge is -2.21. The Kier molecular flexibility index (Phi) is 66.8. The molecule has 0 spiro atoms. The summed E-state index contributed by atoms with van der Waals surface area (Å²) in [5.41, 5.74) is 0. The molecule has 0 bridgehead atoms. The summed E-state index contributed by atoms with van der Waals surface area (Å²) in [6.07, 6.45) is 56.9. The molecule has 0 heterocycles. The zero-order valence-corrected chi connectivity index (χ0v) is 62.9. The third kappa shape index (κ3) is 68.6. The summed E-state index contributed by atoms with van der Waals surface area (Å²) in [6, 6.07) is 0. The molecule has 0 aromatic rings. The van der Waals surface area contributed by atoms with E-state index < -0.39 is 97.5 Å². The van der Waals surface area contributed by atoms with Crippen LogP contribution in [0.15, 0.2) is 0 Å². The zero-order valence-electron chi connectivity index (χ0n) is 61.1. The smallest absolute Gasteiger partial charge is 0.462 e. The number of unbranched alkanes of at least 4 members (excludes halogenated alkanes) is 47. The first-order valence-electron chi connectivity index (χ1n) is 39.1. The van der Waals surface area contributed by atoms with Crippen LogP contribution in [0.4, 0.5) is 0 Å². The molecule has 558 valence electrons. The third-order valence-electron chi connectivity index (χ3n) is 17.5. The molecule has 0 saturated carbocycles. The Morgan fingerprint density at radius 1 is 0.287 bits per heavy atom. The Bertz CT molecular complexity index is 1810. The van der Waals surface area contributed by atoms with Crippen LogP contribution in [0.2, 0.25) is 0 Å². The van der Waals surface area contributed by atoms with E-state index in [-0.39, 0.29) is 25.7 Å². The Hall–Kier alpha value is -1.94. The van der Waals surface area contributed by atoms with E-state index in [4.69, 9.17) is 37.0 Å². The molecule has 0 aliphatic heterocycles. The van der Waals surface area contributed by atoms with Crippen LogP contribution >= 0.6 is 15.6 Å². The molecule has 0 aromatic heterocycles. The van der Waals surface area contributed by atoms with Gasteiger partial charge in [-0.1, -0.05) is 343 Å². The predicted octanol–water partition coefficient (Wildman–Crippen LogP) is 22.1. The van der Waals surface area contributed by atoms with Crippen molar-refractivity contribution in [2.24, 2.45) is 5.92 Å². The Morgan fingerprint density at radius 3 is 0.723 bits per heavy atom. The third-order valence-corrected chi connectivity index (χ3v) is 19.4. The highest BCUT2D eigenvalue weighted by Gasteiger charge is 2.30. The Labute approximate surface area is 575 Å². The number of ether oxygens (including phenoxy) is 4. The van der Waals surface area contributed by atoms with Crippen LogP contribution in [0.5, 0.6) is 0 Å². The standard InChI is InChI=1S/C75H146O17P2/c1-6-9-12-15-18-21-24-27-30-33-36-39-42-48-53-58-72(77)85-64-70(91-74(79)60-55-50-43-40-37-34-31-28-25-22-19-16-13-10-7-2)66-89-93(81,82)87-62-69(76)63-88-94(83,84)90-67-71(65-86-73(78)59-54-49-46-45-47-52-57-68(4)5)92-75(80)61-56-51-44-41-38-35-32-29-26-23-20-17-14-11-8-3/h68-71,76H,6-67H2,1-5H3,(H,81,82)(H,83,84)/t69-,70-,71-/m1/s1. The minimum Gasteiger partial charge on any atom is -0.462 e. The van der Waals surface area contributed by atoms with Crippen LogP contribution in [-0.4, -0.2) is 96.7 Å². The largest absolute Gasteiger partial charge is 0.472 e. The molecule has 0 aliphatic carbocycles. The number of hydrogen-bond donors (Lipinski definition) is 3. The average molecular weight is 1380 g/mol. The first kappa shape index (κ1) is 92.1. The van der Waals surface area contributed by atoms with Gasteiger partial charge in [-0.05, 0) is 31.6 Å². The maximum atomic E-state index is 13.1. The zero-order chi connectivity index (χ0) is 69.1. The minimum absolute atomic E-state index is 0.107. The quantitative estimate of drug-likeness (QED) is 0.0222. The highest BCUT2D eigenvalue weighted by atomic mass is 31.2. The van der Waals surface area contributed by atoms with Crippen LogP contribution in [0.1, 0.15) is 394 Å². The second kappa shape index (κ2) is 68.2. The second-order valence-electron chi connectivity index (χ2n) is 27.5. The van der Waals surface area contributed by atoms with Crippen LogP contribution < -0.4 is 0 Å². The van der Waals surface area contributed by atoms with Crippen molar-refractivity contribution in [3.8, 4) is 0 Å². The van der Waals surface area contributed by atoms with Gasteiger partial charge in [-0.25, -0.2) is 9.13 Å². The number of phosphoric acid groups is 2. The number of carbonyl (C=O) groups is 4. The summed E-state index contributed by atoms with van der Waals surface area (Å²) in [5.74, 6) is -1.43. The number of esters is 4. The highest BCUT2D eigenvalue weighted by molar-refractivity contribution is 7.47. The summed E-state index contributed by atoms with van der Waals surface area (Å²) in [4.78, 5) is 72.8. The molecule has 0 aromatic carbocycles. The summed E-state index contributed by atoms with van der Waals surface area (Å²) in [7, 11) is -9.91. The van der Waals surface area contributed by atoms with E-state index >= 15 is 0 Å². The van der Waals surface area contributed by atoms with Gasteiger partial charge in [0.15, 0.2) is 12.2 Å². The Morgan fingerprint density at radius 2 is 0.489 bits per heavy atom. The highest BCUT2D eigenvalue weighted by Crippen LogP contribution is 2.45. The molecular formula is C75H146O17P2. The molecule has 0 rings (SSSR count). The number of phosphoric ester groups is 2. The first-order valence-corrected chi connectivity index (χ1v) is 42.1. The lowest BCUT2D eigenvalue weighted by Crippen LogP contribution is -2.30. The van der Waals surface area contributed by atoms with Crippen molar-refractivity contribution in [1.29, 1.82) is 0 Å². The molecular weight excluding hydrogens is 1230 g/mol. The summed E-state index contributed by atoms with van der Waals surface area (Å²) < 4.78 is 68.5. The molecule has 0 amide bonds. The average Bonchev–Trinajstić information content (AvgIpc) is 1.39. The van der Waals surface area contributed by atoms with Crippen molar-refractivity contribution < 1.29 is 80.2 Å². The molecule has 94 heavy (non-hydrogen) atoms. The van der Waals surface area contributed by atoms with Gasteiger partial charge in [0.25, 0.3) is 0 Å². The van der Waals surface area contributed by atoms with E-state index in [0.29, 0.717) is 31.6 Å². The van der Waals surface area contributed by atoms with Gasteiger partial charge in [0.1, 0.15) is 19.3 Å². The monoisotopic (exact) mass is 1380 g/mol. The Balaban J connectivity index is 5.23. The fourth-order valence-electron chi connectivity index (χ4n) is 11.5. The molecule has 5 atom stereocenters. The van der Waals surface area contributed by atoms with Gasteiger partial charge in [-0.2, -0.15) is 0 Å². The molecule has 0 fully saturated rings. The topological polar surface area (TPSA) is 237 Å². The molecule has 19 heteroatoms. The molecule has 0 radical (unpaired) electrons. The van der Waals surface area contributed by atoms with Crippen LogP contribution in [0.25, 0.3) is 0 Å². The second-order valence-corrected chi connectivity index (χ2v) is 30.4. The van der Waals surface area contributed by atoms with Crippen LogP contribution in [0, 0.1) is 5.92 Å². The number of rotatable bonds is 75. The fourth-order valence-corrected chi connectivity index (χ4v) is 13.1. The van der Waals surface area contributed by atoms with Crippen molar-refractivity contribution in [1.82, 2.24) is 0 Å². The van der Waals surface area contributed by atoms with Gasteiger partial charge in [0.2, 0.25) is 0 Å². The van der Waals surface area contributed by atoms with E-state index in [0.717, 1.165) is 96.3 Å². The maximum absolute atomic E-state index is 13.1. The van der Waals surface area contributed by atoms with Crippen molar-refractivity contribution in [3.63, 3.8) is 0 Å². The van der Waals surface area contributed by atoms with Crippen molar-refractivity contribution in [3.05, 3.63) is 0 Å². The van der Waals surface area contributed by atoms with Gasteiger partial charge >= 0.3 is 39.5 Å². The van der Waals surface area contributed by atoms with Crippen molar-refractivity contribution in [2.45, 2.75) is 412 Å². The van der Waals surface area contributed by atoms with Gasteiger partial charge in [-0.15, -0.1) is 0 Å². The van der Waals surface area contributed by atoms with E-state index in [9.17, 15) is 43.2 Å². The van der Waals surface area contributed by atoms with Gasteiger partial charge < -0.3 is 33.8 Å². The fraction of sp³-hybridized carbons (Fsp3) is 0.947. The van der Waals surface area contributed by atoms with Crippen LogP contribution in [0.3, 0.4) is 0 Å². The summed E-state index contributed by atoms with van der Waals surface area (Å²) >= 11 is 0. The molecule has 2 unspecified atom stereocenters. The molecule has 0 aliphatic rings. The van der Waals surface area contributed by atoms with Crippen LogP contribution in [-0.2, 0) is 65.4 Å². The van der Waals surface area contributed by atoms with Gasteiger partial charge in [0, 0.05) is 25.7 Å². The lowest BCUT2D eigenvalue weighted by atomic mass is 10.0. The van der Waals surface area contributed by atoms with E-state index in [1.807, 2.05) is 0 Å². The van der Waals surface area contributed by atoms with E-state index in [2.05, 4.69) is 34.6 Å². The maximum Gasteiger partial charge on any atom is 0.472 e. The van der Waals surface area contributed by atoms with Gasteiger partial charge in [-0.3, -0.25) is 37.3 Å².